The molecule has 0 heterocycles. The Balaban J connectivity index is 2.85. The van der Waals surface area contributed by atoms with Gasteiger partial charge in [0.1, 0.15) is 11.2 Å². The summed E-state index contributed by atoms with van der Waals surface area (Å²) in [5, 5.41) is 0. The Kier molecular flexibility index (Phi) is 5.39. The number of hydrogen-bond donors (Lipinski definition) is 0. The van der Waals surface area contributed by atoms with Crippen molar-refractivity contribution in [3.8, 4) is 0 Å². The molecule has 1 saturated carbocycles. The largest absolute Gasteiger partial charge is 0.465 e. The zero-order valence-corrected chi connectivity index (χ0v) is 10.8. The minimum absolute atomic E-state index is 0.0583. The molecule has 0 spiro atoms. The first-order chi connectivity index (χ1) is 8.17. The monoisotopic (exact) mass is 238 g/mol. The molecule has 0 saturated heterocycles. The second kappa shape index (κ2) is 6.58. The van der Waals surface area contributed by atoms with Gasteiger partial charge in [0.25, 0.3) is 0 Å². The van der Waals surface area contributed by atoms with Gasteiger partial charge in [-0.25, -0.2) is 0 Å². The van der Waals surface area contributed by atoms with E-state index in [0.29, 0.717) is 25.9 Å². The van der Waals surface area contributed by atoms with E-state index in [2.05, 4.69) is 0 Å². The first-order valence-corrected chi connectivity index (χ1v) is 6.53. The molecule has 1 fully saturated rings. The molecule has 3 heteroatoms. The highest BCUT2D eigenvalue weighted by Gasteiger charge is 2.46. The minimum atomic E-state index is -0.889. The highest BCUT2D eigenvalue weighted by atomic mass is 16.5. The van der Waals surface area contributed by atoms with E-state index >= 15 is 0 Å². The van der Waals surface area contributed by atoms with Gasteiger partial charge >= 0.3 is 5.97 Å². The lowest BCUT2D eigenvalue weighted by molar-refractivity contribution is -0.162. The van der Waals surface area contributed by atoms with E-state index in [0.717, 1.165) is 19.3 Å². The third-order valence-electron chi connectivity index (χ3n) is 3.33. The van der Waals surface area contributed by atoms with Crippen molar-refractivity contribution in [2.45, 2.75) is 52.4 Å². The van der Waals surface area contributed by atoms with Gasteiger partial charge in [0.05, 0.1) is 6.61 Å². The van der Waals surface area contributed by atoms with Crippen LogP contribution in [-0.4, -0.2) is 18.4 Å². The second-order valence-electron chi connectivity index (χ2n) is 4.52. The first kappa shape index (κ1) is 13.9. The molecule has 0 aromatic carbocycles. The maximum absolute atomic E-state index is 12.1. The number of hydrogen-bond acceptors (Lipinski definition) is 3. The van der Waals surface area contributed by atoms with Crippen LogP contribution in [0.4, 0.5) is 0 Å². The average Bonchev–Trinajstić information content (AvgIpc) is 2.32. The number of ether oxygens (including phenoxy) is 1. The van der Waals surface area contributed by atoms with E-state index in [1.54, 1.807) is 6.92 Å². The summed E-state index contributed by atoms with van der Waals surface area (Å²) in [6.45, 7) is 4.16. The summed E-state index contributed by atoms with van der Waals surface area (Å²) in [5.41, 5.74) is -0.889. The van der Waals surface area contributed by atoms with Gasteiger partial charge in [-0.3, -0.25) is 9.59 Å². The van der Waals surface area contributed by atoms with E-state index in [9.17, 15) is 9.59 Å². The van der Waals surface area contributed by atoms with Crippen LogP contribution in [0.25, 0.3) is 0 Å². The molecular formula is C14H22O3. The van der Waals surface area contributed by atoms with Crippen molar-refractivity contribution < 1.29 is 14.3 Å². The SMILES string of the molecule is CC/C=C/CC1(C(=O)OCC)CCCCC1=O. The van der Waals surface area contributed by atoms with Gasteiger partial charge in [-0.05, 0) is 32.6 Å². The summed E-state index contributed by atoms with van der Waals surface area (Å²) in [5.74, 6) is -0.270. The molecule has 17 heavy (non-hydrogen) atoms. The van der Waals surface area contributed by atoms with Crippen molar-refractivity contribution >= 4 is 11.8 Å². The Bertz CT molecular complexity index is 307. The molecule has 96 valence electrons. The van der Waals surface area contributed by atoms with Gasteiger partial charge in [0.15, 0.2) is 0 Å². The van der Waals surface area contributed by atoms with E-state index in [4.69, 9.17) is 4.74 Å². The zero-order chi connectivity index (χ0) is 12.7. The lowest BCUT2D eigenvalue weighted by atomic mass is 9.70. The Morgan fingerprint density at radius 1 is 1.35 bits per heavy atom. The first-order valence-electron chi connectivity index (χ1n) is 6.53. The highest BCUT2D eigenvalue weighted by molar-refractivity contribution is 6.04. The highest BCUT2D eigenvalue weighted by Crippen LogP contribution is 2.38. The van der Waals surface area contributed by atoms with Crippen molar-refractivity contribution in [1.82, 2.24) is 0 Å². The van der Waals surface area contributed by atoms with Crippen LogP contribution >= 0.6 is 0 Å². The number of carbonyl (C=O) groups excluding carboxylic acids is 2. The van der Waals surface area contributed by atoms with E-state index < -0.39 is 5.41 Å². The van der Waals surface area contributed by atoms with Crippen LogP contribution in [0.3, 0.4) is 0 Å². The summed E-state index contributed by atoms with van der Waals surface area (Å²) in [6.07, 6.45) is 8.36. The standard InChI is InChI=1S/C14H22O3/c1-3-5-7-10-14(13(16)17-4-2)11-8-6-9-12(14)15/h5,7H,3-4,6,8-11H2,1-2H3/b7-5+. The molecule has 0 N–H and O–H groups in total. The summed E-state index contributed by atoms with van der Waals surface area (Å²) < 4.78 is 5.09. The molecule has 1 unspecified atom stereocenters. The molecule has 0 aliphatic heterocycles. The van der Waals surface area contributed by atoms with Crippen LogP contribution in [-0.2, 0) is 14.3 Å². The molecule has 1 aliphatic carbocycles. The third kappa shape index (κ3) is 3.18. The maximum Gasteiger partial charge on any atom is 0.319 e. The van der Waals surface area contributed by atoms with E-state index in [1.165, 1.54) is 0 Å². The predicted octanol–water partition coefficient (Wildman–Crippen LogP) is 3.04. The van der Waals surface area contributed by atoms with Crippen molar-refractivity contribution in [3.05, 3.63) is 12.2 Å². The van der Waals surface area contributed by atoms with Gasteiger partial charge in [0, 0.05) is 6.42 Å². The fourth-order valence-corrected chi connectivity index (χ4v) is 2.33. The third-order valence-corrected chi connectivity index (χ3v) is 3.33. The molecule has 1 aliphatic rings. The molecule has 0 radical (unpaired) electrons. The number of rotatable bonds is 5. The number of Topliss-reactive ketones (excluding diaryl/α,β-unsaturated/α-hetero) is 1. The fourth-order valence-electron chi connectivity index (χ4n) is 2.33. The minimum Gasteiger partial charge on any atom is -0.465 e. The number of allylic oxidation sites excluding steroid dienone is 2. The summed E-state index contributed by atoms with van der Waals surface area (Å²) in [4.78, 5) is 24.1. The summed E-state index contributed by atoms with van der Waals surface area (Å²) >= 11 is 0. The van der Waals surface area contributed by atoms with Crippen LogP contribution < -0.4 is 0 Å². The van der Waals surface area contributed by atoms with Crippen LogP contribution in [0, 0.1) is 5.41 Å². The van der Waals surface area contributed by atoms with Gasteiger partial charge < -0.3 is 4.74 Å². The van der Waals surface area contributed by atoms with E-state index in [1.807, 2.05) is 19.1 Å². The topological polar surface area (TPSA) is 43.4 Å². The molecule has 0 bridgehead atoms. The second-order valence-corrected chi connectivity index (χ2v) is 4.52. The van der Waals surface area contributed by atoms with Crippen LogP contribution in [0.15, 0.2) is 12.2 Å². The van der Waals surface area contributed by atoms with Crippen molar-refractivity contribution in [2.24, 2.45) is 5.41 Å². The molecule has 0 aromatic heterocycles. The molecule has 3 nitrogen and oxygen atoms in total. The van der Waals surface area contributed by atoms with Crippen molar-refractivity contribution in [3.63, 3.8) is 0 Å². The average molecular weight is 238 g/mol. The van der Waals surface area contributed by atoms with Gasteiger partial charge in [-0.2, -0.15) is 0 Å². The normalized spacial score (nSPS) is 25.2. The summed E-state index contributed by atoms with van der Waals surface area (Å²) in [6, 6.07) is 0. The van der Waals surface area contributed by atoms with Gasteiger partial charge in [0.2, 0.25) is 0 Å². The van der Waals surface area contributed by atoms with Crippen LogP contribution in [0.2, 0.25) is 0 Å². The number of esters is 1. The van der Waals surface area contributed by atoms with Crippen LogP contribution in [0.1, 0.15) is 52.4 Å². The van der Waals surface area contributed by atoms with Crippen molar-refractivity contribution in [1.29, 1.82) is 0 Å². The Morgan fingerprint density at radius 2 is 2.12 bits per heavy atom. The van der Waals surface area contributed by atoms with Gasteiger partial charge in [-0.1, -0.05) is 25.5 Å². The maximum atomic E-state index is 12.1. The number of carbonyl (C=O) groups is 2. The van der Waals surface area contributed by atoms with E-state index in [-0.39, 0.29) is 11.8 Å². The quantitative estimate of drug-likeness (QED) is 0.420. The lowest BCUT2D eigenvalue weighted by Gasteiger charge is -2.32. The Hall–Kier alpha value is -1.12. The molecule has 0 aromatic rings. The molecular weight excluding hydrogens is 216 g/mol. The summed E-state index contributed by atoms with van der Waals surface area (Å²) in [7, 11) is 0. The van der Waals surface area contributed by atoms with Crippen LogP contribution in [0.5, 0.6) is 0 Å². The Morgan fingerprint density at radius 3 is 2.71 bits per heavy atom. The Labute approximate surface area is 103 Å². The molecule has 0 amide bonds. The lowest BCUT2D eigenvalue weighted by Crippen LogP contribution is -2.42. The van der Waals surface area contributed by atoms with Gasteiger partial charge in [-0.15, -0.1) is 0 Å². The number of ketones is 1. The zero-order valence-electron chi connectivity index (χ0n) is 10.8. The van der Waals surface area contributed by atoms with Crippen molar-refractivity contribution in [2.75, 3.05) is 6.61 Å². The smallest absolute Gasteiger partial charge is 0.319 e. The predicted molar refractivity (Wildman–Crippen MR) is 66.6 cm³/mol. The molecule has 1 rings (SSSR count). The molecule has 1 atom stereocenters. The fraction of sp³-hybridized carbons (Fsp3) is 0.714.